The van der Waals surface area contributed by atoms with Crippen molar-refractivity contribution in [2.45, 2.75) is 20.4 Å². The molecule has 1 aromatic carbocycles. The molecular formula is C18H20N6O3. The van der Waals surface area contributed by atoms with Gasteiger partial charge in [0.2, 0.25) is 0 Å². The molecule has 0 aliphatic carbocycles. The number of carbonyl (C=O) groups excluding carboxylic acids is 2. The molecule has 27 heavy (non-hydrogen) atoms. The number of fused-ring (bicyclic) bond motifs is 1. The van der Waals surface area contributed by atoms with Gasteiger partial charge in [0.25, 0.3) is 5.91 Å². The second-order valence-corrected chi connectivity index (χ2v) is 6.43. The Bertz CT molecular complexity index is 968. The van der Waals surface area contributed by atoms with E-state index in [0.29, 0.717) is 28.9 Å². The van der Waals surface area contributed by atoms with Crippen LogP contribution in [0.4, 0.5) is 11.4 Å². The molecule has 9 nitrogen and oxygen atoms in total. The summed E-state index contributed by atoms with van der Waals surface area (Å²) in [5.74, 6) is -0.859. The first-order chi connectivity index (χ1) is 12.9. The summed E-state index contributed by atoms with van der Waals surface area (Å²) in [6.07, 6.45) is 4.68. The molecule has 9 heteroatoms. The standard InChI is InChI=1S/C18H20N6O3/c1-11(2)9-27-16(25)8-24-15-4-3-12(22-13-6-20-10-21-7-13)5-14(15)17(23-24)18(19)26/h3-7,10-11,22H,8-9H2,1-2H3,(H2,19,26). The van der Waals surface area contributed by atoms with Crippen LogP contribution in [0.25, 0.3) is 10.9 Å². The number of nitrogens with one attached hydrogen (secondary N) is 1. The highest BCUT2D eigenvalue weighted by atomic mass is 16.5. The van der Waals surface area contributed by atoms with Gasteiger partial charge in [-0.1, -0.05) is 13.8 Å². The fraction of sp³-hybridized carbons (Fsp3) is 0.278. The number of carbonyl (C=O) groups is 2. The number of rotatable bonds is 7. The largest absolute Gasteiger partial charge is 0.464 e. The van der Waals surface area contributed by atoms with Crippen LogP contribution in [-0.2, 0) is 16.1 Å². The van der Waals surface area contributed by atoms with E-state index < -0.39 is 11.9 Å². The predicted molar refractivity (Wildman–Crippen MR) is 99.4 cm³/mol. The van der Waals surface area contributed by atoms with Gasteiger partial charge in [0, 0.05) is 11.1 Å². The third-order valence-corrected chi connectivity index (χ3v) is 3.69. The lowest BCUT2D eigenvalue weighted by molar-refractivity contribution is -0.145. The van der Waals surface area contributed by atoms with E-state index in [0.717, 1.165) is 0 Å². The van der Waals surface area contributed by atoms with E-state index in [1.807, 2.05) is 13.8 Å². The van der Waals surface area contributed by atoms with Gasteiger partial charge in [0.1, 0.15) is 12.9 Å². The van der Waals surface area contributed by atoms with Crippen molar-refractivity contribution in [2.75, 3.05) is 11.9 Å². The Labute approximate surface area is 155 Å². The zero-order valence-corrected chi connectivity index (χ0v) is 15.0. The summed E-state index contributed by atoms with van der Waals surface area (Å²) < 4.78 is 6.61. The summed E-state index contributed by atoms with van der Waals surface area (Å²) in [7, 11) is 0. The maximum Gasteiger partial charge on any atom is 0.327 e. The normalized spacial score (nSPS) is 10.9. The molecule has 1 amide bonds. The first-order valence-electron chi connectivity index (χ1n) is 8.42. The number of amides is 1. The van der Waals surface area contributed by atoms with E-state index in [2.05, 4.69) is 20.4 Å². The van der Waals surface area contributed by atoms with Crippen molar-refractivity contribution in [3.63, 3.8) is 0 Å². The van der Waals surface area contributed by atoms with E-state index in [1.54, 1.807) is 30.6 Å². The van der Waals surface area contributed by atoms with Crippen LogP contribution < -0.4 is 11.1 Å². The van der Waals surface area contributed by atoms with Gasteiger partial charge in [0.15, 0.2) is 5.69 Å². The molecule has 2 aromatic heterocycles. The molecule has 0 unspecified atom stereocenters. The molecule has 0 spiro atoms. The molecule has 0 aliphatic heterocycles. The summed E-state index contributed by atoms with van der Waals surface area (Å²) >= 11 is 0. The molecule has 0 fully saturated rings. The van der Waals surface area contributed by atoms with Crippen LogP contribution in [-0.4, -0.2) is 38.2 Å². The Morgan fingerprint density at radius 2 is 1.96 bits per heavy atom. The SMILES string of the molecule is CC(C)COC(=O)Cn1nc(C(N)=O)c2cc(Nc3cncnc3)ccc21. The van der Waals surface area contributed by atoms with Crippen molar-refractivity contribution in [2.24, 2.45) is 11.7 Å². The Balaban J connectivity index is 1.90. The molecule has 0 aliphatic rings. The third-order valence-electron chi connectivity index (χ3n) is 3.69. The fourth-order valence-corrected chi connectivity index (χ4v) is 2.52. The smallest absolute Gasteiger partial charge is 0.327 e. The van der Waals surface area contributed by atoms with E-state index in [1.165, 1.54) is 11.0 Å². The topological polar surface area (TPSA) is 125 Å². The van der Waals surface area contributed by atoms with Crippen molar-refractivity contribution < 1.29 is 14.3 Å². The van der Waals surface area contributed by atoms with Crippen molar-refractivity contribution in [1.29, 1.82) is 0 Å². The van der Waals surface area contributed by atoms with Gasteiger partial charge in [-0.05, 0) is 24.1 Å². The lowest BCUT2D eigenvalue weighted by atomic mass is 10.1. The van der Waals surface area contributed by atoms with Gasteiger partial charge in [-0.15, -0.1) is 0 Å². The second-order valence-electron chi connectivity index (χ2n) is 6.43. The van der Waals surface area contributed by atoms with E-state index >= 15 is 0 Å². The minimum atomic E-state index is -0.672. The van der Waals surface area contributed by atoms with Gasteiger partial charge < -0.3 is 15.8 Å². The Morgan fingerprint density at radius 1 is 1.22 bits per heavy atom. The highest BCUT2D eigenvalue weighted by Crippen LogP contribution is 2.24. The predicted octanol–water partition coefficient (Wildman–Crippen LogP) is 1.87. The van der Waals surface area contributed by atoms with Crippen LogP contribution in [0.3, 0.4) is 0 Å². The highest BCUT2D eigenvalue weighted by Gasteiger charge is 2.18. The lowest BCUT2D eigenvalue weighted by Crippen LogP contribution is -2.18. The summed E-state index contributed by atoms with van der Waals surface area (Å²) in [4.78, 5) is 31.7. The average Bonchev–Trinajstić information content (AvgIpc) is 2.99. The van der Waals surface area contributed by atoms with Gasteiger partial charge in [-0.2, -0.15) is 5.10 Å². The molecule has 3 rings (SSSR count). The number of nitrogens with two attached hydrogens (primary N) is 1. The number of esters is 1. The van der Waals surface area contributed by atoms with E-state index in [4.69, 9.17) is 10.5 Å². The van der Waals surface area contributed by atoms with Gasteiger partial charge >= 0.3 is 5.97 Å². The molecule has 0 atom stereocenters. The summed E-state index contributed by atoms with van der Waals surface area (Å²) in [6, 6.07) is 5.31. The fourth-order valence-electron chi connectivity index (χ4n) is 2.52. The number of aromatic nitrogens is 4. The molecule has 3 N–H and O–H groups in total. The number of hydrogen-bond donors (Lipinski definition) is 2. The van der Waals surface area contributed by atoms with Gasteiger partial charge in [0.05, 0.1) is 30.2 Å². The molecule has 2 heterocycles. The molecule has 140 valence electrons. The monoisotopic (exact) mass is 368 g/mol. The van der Waals surface area contributed by atoms with E-state index in [-0.39, 0.29) is 18.2 Å². The van der Waals surface area contributed by atoms with E-state index in [9.17, 15) is 9.59 Å². The Hall–Kier alpha value is -3.49. The quantitative estimate of drug-likeness (QED) is 0.610. The lowest BCUT2D eigenvalue weighted by Gasteiger charge is -2.08. The zero-order chi connectivity index (χ0) is 19.4. The number of benzene rings is 1. The van der Waals surface area contributed by atoms with Crippen molar-refractivity contribution in [3.8, 4) is 0 Å². The third kappa shape index (κ3) is 4.38. The van der Waals surface area contributed by atoms with Crippen LogP contribution in [0.15, 0.2) is 36.9 Å². The maximum absolute atomic E-state index is 12.0. The summed E-state index contributed by atoms with van der Waals surface area (Å²) in [6.45, 7) is 4.13. The van der Waals surface area contributed by atoms with Gasteiger partial charge in [-0.25, -0.2) is 9.97 Å². The maximum atomic E-state index is 12.0. The zero-order valence-electron chi connectivity index (χ0n) is 15.0. The number of ether oxygens (including phenoxy) is 1. The molecule has 0 saturated carbocycles. The number of hydrogen-bond acceptors (Lipinski definition) is 7. The van der Waals surface area contributed by atoms with Crippen LogP contribution in [0.5, 0.6) is 0 Å². The number of nitrogens with zero attached hydrogens (tertiary/aromatic N) is 4. The number of anilines is 2. The average molecular weight is 368 g/mol. The van der Waals surface area contributed by atoms with Crippen LogP contribution in [0, 0.1) is 5.92 Å². The van der Waals surface area contributed by atoms with Crippen molar-refractivity contribution >= 4 is 34.2 Å². The highest BCUT2D eigenvalue weighted by molar-refractivity contribution is 6.05. The van der Waals surface area contributed by atoms with Gasteiger partial charge in [-0.3, -0.25) is 14.3 Å². The van der Waals surface area contributed by atoms with Crippen molar-refractivity contribution in [1.82, 2.24) is 19.7 Å². The molecule has 3 aromatic rings. The first-order valence-corrected chi connectivity index (χ1v) is 8.42. The Kier molecular flexibility index (Phi) is 5.30. The minimum Gasteiger partial charge on any atom is -0.464 e. The molecule has 0 saturated heterocycles. The second kappa shape index (κ2) is 7.81. The summed E-state index contributed by atoms with van der Waals surface area (Å²) in [5.41, 5.74) is 7.56. The van der Waals surface area contributed by atoms with Crippen molar-refractivity contribution in [3.05, 3.63) is 42.6 Å². The molecular weight excluding hydrogens is 348 g/mol. The van der Waals surface area contributed by atoms with Crippen LogP contribution >= 0.6 is 0 Å². The van der Waals surface area contributed by atoms with Crippen LogP contribution in [0.2, 0.25) is 0 Å². The number of primary amides is 1. The Morgan fingerprint density at radius 3 is 2.63 bits per heavy atom. The molecule has 0 bridgehead atoms. The molecule has 0 radical (unpaired) electrons. The summed E-state index contributed by atoms with van der Waals surface area (Å²) in [5, 5.41) is 7.87. The van der Waals surface area contributed by atoms with Crippen LogP contribution in [0.1, 0.15) is 24.3 Å². The minimum absolute atomic E-state index is 0.0922. The first kappa shape index (κ1) is 18.3.